The number of fused-ring (bicyclic) bond motifs is 1. The lowest BCUT2D eigenvalue weighted by molar-refractivity contribution is 0.394. The summed E-state index contributed by atoms with van der Waals surface area (Å²) in [6.45, 7) is 0. The second-order valence-electron chi connectivity index (χ2n) is 5.28. The molecule has 0 saturated heterocycles. The number of rotatable bonds is 1. The minimum absolute atomic E-state index is 0.0764. The molecule has 0 atom stereocenters. The molecular weight excluding hydrogens is 250 g/mol. The number of H-pyrrole nitrogens is 1. The van der Waals surface area contributed by atoms with E-state index >= 15 is 0 Å². The topological polar surface area (TPSA) is 70.9 Å². The van der Waals surface area contributed by atoms with Gasteiger partial charge in [0.15, 0.2) is 0 Å². The van der Waals surface area contributed by atoms with E-state index < -0.39 is 0 Å². The van der Waals surface area contributed by atoms with Gasteiger partial charge in [0.25, 0.3) is 5.56 Å². The fraction of sp³-hybridized carbons (Fsp3) is 0.438. The first kappa shape index (κ1) is 14.6. The minimum atomic E-state index is -0.0764. The van der Waals surface area contributed by atoms with Crippen LogP contribution in [-0.4, -0.2) is 18.1 Å². The highest BCUT2D eigenvalue weighted by molar-refractivity contribution is 5.84. The highest BCUT2D eigenvalue weighted by Gasteiger charge is 2.09. The van der Waals surface area contributed by atoms with Gasteiger partial charge in [-0.3, -0.25) is 4.79 Å². The summed E-state index contributed by atoms with van der Waals surface area (Å²) < 4.78 is 0. The summed E-state index contributed by atoms with van der Waals surface area (Å²) >= 11 is 0. The van der Waals surface area contributed by atoms with Crippen LogP contribution in [0.3, 0.4) is 0 Å². The third-order valence-electron chi connectivity index (χ3n) is 3.81. The van der Waals surface area contributed by atoms with Gasteiger partial charge in [-0.15, -0.1) is 0 Å². The Balaban J connectivity index is 0.000000160. The van der Waals surface area contributed by atoms with E-state index in [-0.39, 0.29) is 5.56 Å². The van der Waals surface area contributed by atoms with Gasteiger partial charge in [0.2, 0.25) is 0 Å². The van der Waals surface area contributed by atoms with Crippen LogP contribution in [0.15, 0.2) is 35.3 Å². The molecule has 4 N–H and O–H groups in total. The molecule has 1 aromatic carbocycles. The predicted octanol–water partition coefficient (Wildman–Crippen LogP) is 2.65. The van der Waals surface area contributed by atoms with Crippen molar-refractivity contribution in [2.75, 3.05) is 12.8 Å². The van der Waals surface area contributed by atoms with Crippen molar-refractivity contribution in [2.45, 2.75) is 38.1 Å². The highest BCUT2D eigenvalue weighted by Crippen LogP contribution is 2.16. The number of anilines is 1. The van der Waals surface area contributed by atoms with E-state index in [4.69, 9.17) is 5.73 Å². The number of hydrogen-bond acceptors (Lipinski definition) is 3. The molecule has 1 aliphatic rings. The molecule has 0 amide bonds. The Morgan fingerprint density at radius 3 is 2.60 bits per heavy atom. The zero-order valence-corrected chi connectivity index (χ0v) is 12.0. The van der Waals surface area contributed by atoms with E-state index in [1.807, 2.05) is 6.07 Å². The summed E-state index contributed by atoms with van der Waals surface area (Å²) in [4.78, 5) is 13.8. The molecule has 108 valence electrons. The monoisotopic (exact) mass is 273 g/mol. The van der Waals surface area contributed by atoms with E-state index in [2.05, 4.69) is 17.3 Å². The number of aromatic nitrogens is 1. The molecule has 1 aliphatic carbocycles. The molecule has 4 nitrogen and oxygen atoms in total. The van der Waals surface area contributed by atoms with Gasteiger partial charge in [-0.2, -0.15) is 0 Å². The van der Waals surface area contributed by atoms with Crippen LogP contribution in [0, 0.1) is 0 Å². The first-order chi connectivity index (χ1) is 9.70. The van der Waals surface area contributed by atoms with Crippen molar-refractivity contribution in [2.24, 2.45) is 0 Å². The molecule has 4 heteroatoms. The zero-order chi connectivity index (χ0) is 14.4. The maximum Gasteiger partial charge on any atom is 0.255 e. The lowest BCUT2D eigenvalue weighted by Gasteiger charge is -2.20. The summed E-state index contributed by atoms with van der Waals surface area (Å²) in [5, 5.41) is 4.85. The largest absolute Gasteiger partial charge is 0.399 e. The summed E-state index contributed by atoms with van der Waals surface area (Å²) in [6, 6.07) is 7.89. The Bertz CT molecular complexity index is 600. The van der Waals surface area contributed by atoms with Crippen LogP contribution in [-0.2, 0) is 0 Å². The third kappa shape index (κ3) is 3.84. The summed E-state index contributed by atoms with van der Waals surface area (Å²) in [5.41, 5.74) is 6.16. The Labute approximate surface area is 119 Å². The van der Waals surface area contributed by atoms with Gasteiger partial charge in [0, 0.05) is 23.3 Å². The quantitative estimate of drug-likeness (QED) is 0.699. The molecule has 1 saturated carbocycles. The van der Waals surface area contributed by atoms with Crippen LogP contribution in [0.4, 0.5) is 5.69 Å². The van der Waals surface area contributed by atoms with Crippen molar-refractivity contribution >= 4 is 16.5 Å². The molecule has 3 rings (SSSR count). The molecule has 0 radical (unpaired) electrons. The highest BCUT2D eigenvalue weighted by atomic mass is 16.1. The van der Waals surface area contributed by atoms with Crippen molar-refractivity contribution in [3.8, 4) is 0 Å². The maximum atomic E-state index is 11.2. The Hall–Kier alpha value is -1.81. The minimum Gasteiger partial charge on any atom is -0.399 e. The second kappa shape index (κ2) is 7.10. The Morgan fingerprint density at radius 2 is 1.95 bits per heavy atom. The maximum absolute atomic E-state index is 11.2. The van der Waals surface area contributed by atoms with Gasteiger partial charge in [0.1, 0.15) is 0 Å². The fourth-order valence-electron chi connectivity index (χ4n) is 2.60. The zero-order valence-electron chi connectivity index (χ0n) is 12.0. The number of pyridine rings is 1. The average Bonchev–Trinajstić information content (AvgIpc) is 2.49. The number of benzene rings is 1. The van der Waals surface area contributed by atoms with Crippen molar-refractivity contribution in [3.63, 3.8) is 0 Å². The predicted molar refractivity (Wildman–Crippen MR) is 84.9 cm³/mol. The van der Waals surface area contributed by atoms with Crippen molar-refractivity contribution in [1.82, 2.24) is 10.3 Å². The Morgan fingerprint density at radius 1 is 1.20 bits per heavy atom. The molecule has 1 heterocycles. The smallest absolute Gasteiger partial charge is 0.255 e. The van der Waals surface area contributed by atoms with Crippen LogP contribution in [0.1, 0.15) is 32.1 Å². The first-order valence-electron chi connectivity index (χ1n) is 7.25. The van der Waals surface area contributed by atoms with Gasteiger partial charge < -0.3 is 16.0 Å². The van der Waals surface area contributed by atoms with Gasteiger partial charge in [-0.25, -0.2) is 0 Å². The normalized spacial score (nSPS) is 15.7. The molecule has 20 heavy (non-hydrogen) atoms. The number of nitrogens with two attached hydrogens (primary N) is 1. The van der Waals surface area contributed by atoms with Gasteiger partial charge in [-0.1, -0.05) is 19.3 Å². The van der Waals surface area contributed by atoms with Crippen LogP contribution in [0.25, 0.3) is 10.8 Å². The van der Waals surface area contributed by atoms with Gasteiger partial charge >= 0.3 is 0 Å². The average molecular weight is 273 g/mol. The van der Waals surface area contributed by atoms with E-state index in [1.54, 1.807) is 24.4 Å². The standard InChI is InChI=1S/C9H8N2O.C7H15N/c10-7-1-2-8-6(5-7)3-4-11-9(8)12;1-8-7-5-3-2-4-6-7/h1-5H,10H2,(H,11,12);7-8H,2-6H2,1H3. The fourth-order valence-corrected chi connectivity index (χ4v) is 2.60. The number of aromatic amines is 1. The first-order valence-corrected chi connectivity index (χ1v) is 7.25. The van der Waals surface area contributed by atoms with E-state index in [9.17, 15) is 4.79 Å². The van der Waals surface area contributed by atoms with E-state index in [0.29, 0.717) is 11.1 Å². The van der Waals surface area contributed by atoms with Crippen molar-refractivity contribution < 1.29 is 0 Å². The van der Waals surface area contributed by atoms with Gasteiger partial charge in [-0.05, 0) is 49.5 Å². The summed E-state index contributed by atoms with van der Waals surface area (Å²) in [5.74, 6) is 0. The van der Waals surface area contributed by atoms with Gasteiger partial charge in [0.05, 0.1) is 0 Å². The lowest BCUT2D eigenvalue weighted by Crippen LogP contribution is -2.26. The molecule has 2 aromatic rings. The van der Waals surface area contributed by atoms with Crippen LogP contribution in [0.2, 0.25) is 0 Å². The number of nitrogens with one attached hydrogen (secondary N) is 2. The second-order valence-corrected chi connectivity index (χ2v) is 5.28. The molecule has 0 aliphatic heterocycles. The summed E-state index contributed by atoms with van der Waals surface area (Å²) in [6.07, 6.45) is 8.74. The van der Waals surface area contributed by atoms with E-state index in [0.717, 1.165) is 11.4 Å². The van der Waals surface area contributed by atoms with E-state index in [1.165, 1.54) is 32.1 Å². The number of nitrogen functional groups attached to an aromatic ring is 1. The Kier molecular flexibility index (Phi) is 5.18. The molecule has 0 spiro atoms. The number of hydrogen-bond donors (Lipinski definition) is 3. The molecule has 0 unspecified atom stereocenters. The molecular formula is C16H23N3O. The van der Waals surface area contributed by atoms with Crippen molar-refractivity contribution in [1.29, 1.82) is 0 Å². The molecule has 1 fully saturated rings. The van der Waals surface area contributed by atoms with Crippen molar-refractivity contribution in [3.05, 3.63) is 40.8 Å². The molecule has 1 aromatic heterocycles. The lowest BCUT2D eigenvalue weighted by atomic mass is 9.96. The molecule has 0 bridgehead atoms. The van der Waals surface area contributed by atoms with Crippen LogP contribution in [0.5, 0.6) is 0 Å². The van der Waals surface area contributed by atoms with Crippen LogP contribution < -0.4 is 16.6 Å². The third-order valence-corrected chi connectivity index (χ3v) is 3.81. The SMILES string of the molecule is CNC1CCCCC1.Nc1ccc2c(=O)[nH]ccc2c1. The summed E-state index contributed by atoms with van der Waals surface area (Å²) in [7, 11) is 2.07. The van der Waals surface area contributed by atoms with Crippen LogP contribution >= 0.6 is 0 Å².